The number of carbonyl (C=O) groups is 1. The zero-order valence-electron chi connectivity index (χ0n) is 17.3. The van der Waals surface area contributed by atoms with Gasteiger partial charge < -0.3 is 18.8 Å². The van der Waals surface area contributed by atoms with Crippen molar-refractivity contribution < 1.29 is 19.0 Å². The first-order valence-corrected chi connectivity index (χ1v) is 9.91. The van der Waals surface area contributed by atoms with Gasteiger partial charge in [0.25, 0.3) is 0 Å². The second kappa shape index (κ2) is 11.0. The highest BCUT2D eigenvalue weighted by Gasteiger charge is 2.17. The van der Waals surface area contributed by atoms with Crippen LogP contribution in [0.3, 0.4) is 0 Å². The third kappa shape index (κ3) is 6.05. The van der Waals surface area contributed by atoms with Crippen molar-refractivity contribution in [3.05, 3.63) is 56.2 Å². The van der Waals surface area contributed by atoms with Gasteiger partial charge in [0.2, 0.25) is 0 Å². The third-order valence-corrected chi connectivity index (χ3v) is 4.81. The number of methoxy groups -OCH3 is 1. The molecule has 0 bridgehead atoms. The molecule has 0 N–H and O–H groups in total. The second-order valence-electron chi connectivity index (χ2n) is 6.52. The van der Waals surface area contributed by atoms with E-state index in [1.165, 1.54) is 6.07 Å². The van der Waals surface area contributed by atoms with Crippen molar-refractivity contribution in [2.45, 2.75) is 40.2 Å². The molecule has 0 aliphatic carbocycles. The highest BCUT2D eigenvalue weighted by Crippen LogP contribution is 2.26. The van der Waals surface area contributed by atoms with E-state index in [9.17, 15) is 9.59 Å². The number of esters is 1. The third-order valence-electron chi connectivity index (χ3n) is 4.54. The van der Waals surface area contributed by atoms with Crippen LogP contribution in [0.1, 0.15) is 40.7 Å². The van der Waals surface area contributed by atoms with Crippen molar-refractivity contribution in [1.29, 1.82) is 0 Å². The molecule has 29 heavy (non-hydrogen) atoms. The fourth-order valence-corrected chi connectivity index (χ4v) is 3.18. The molecule has 0 spiro atoms. The van der Waals surface area contributed by atoms with Crippen molar-refractivity contribution in [2.75, 3.05) is 26.9 Å². The molecule has 158 valence electrons. The lowest BCUT2D eigenvalue weighted by Gasteiger charge is -2.15. The Labute approximate surface area is 175 Å². The maximum Gasteiger partial charge on any atom is 0.343 e. The Hall–Kier alpha value is -2.38. The van der Waals surface area contributed by atoms with Gasteiger partial charge in [0, 0.05) is 50.3 Å². The van der Waals surface area contributed by atoms with E-state index in [0.29, 0.717) is 42.8 Å². The van der Waals surface area contributed by atoms with Crippen molar-refractivity contribution >= 4 is 17.6 Å². The van der Waals surface area contributed by atoms with Crippen molar-refractivity contribution in [2.24, 2.45) is 0 Å². The van der Waals surface area contributed by atoms with Crippen LogP contribution in [0.15, 0.2) is 23.1 Å². The van der Waals surface area contributed by atoms with Crippen LogP contribution >= 0.6 is 11.6 Å². The highest BCUT2D eigenvalue weighted by atomic mass is 35.5. The van der Waals surface area contributed by atoms with Crippen LogP contribution in [-0.2, 0) is 22.4 Å². The summed E-state index contributed by atoms with van der Waals surface area (Å²) in [5, 5.41) is 0.327. The molecule has 2 aromatic rings. The normalized spacial score (nSPS) is 10.8. The predicted octanol–water partition coefficient (Wildman–Crippen LogP) is 3.35. The average molecular weight is 423 g/mol. The van der Waals surface area contributed by atoms with E-state index in [1.54, 1.807) is 27.2 Å². The minimum atomic E-state index is -0.597. The molecule has 2 rings (SSSR count). The molecular formula is C21H27ClN2O5. The Morgan fingerprint density at radius 2 is 2.03 bits per heavy atom. The van der Waals surface area contributed by atoms with Gasteiger partial charge in [0.15, 0.2) is 16.3 Å². The fraction of sp³-hybridized carbons (Fsp3) is 0.476. The first-order valence-electron chi connectivity index (χ1n) is 9.54. The molecular weight excluding hydrogens is 396 g/mol. The molecule has 0 atom stereocenters. The number of halogens is 1. The number of hydrogen-bond donors (Lipinski definition) is 0. The molecule has 0 saturated carbocycles. The van der Waals surface area contributed by atoms with Crippen LogP contribution in [-0.4, -0.2) is 42.5 Å². The quantitative estimate of drug-likeness (QED) is 0.332. The summed E-state index contributed by atoms with van der Waals surface area (Å²) in [5.74, 6) is -0.0624. The monoisotopic (exact) mass is 422 g/mol. The van der Waals surface area contributed by atoms with Gasteiger partial charge in [0.1, 0.15) is 5.56 Å². The number of aryl methyl sites for hydroxylation is 3. The summed E-state index contributed by atoms with van der Waals surface area (Å²) in [6.45, 7) is 7.21. The topological polar surface area (TPSA) is 79.7 Å². The summed E-state index contributed by atoms with van der Waals surface area (Å²) in [4.78, 5) is 28.6. The molecule has 8 heteroatoms. The number of carbonyl (C=O) groups excluding carboxylic acids is 1. The first-order chi connectivity index (χ1) is 13.9. The summed E-state index contributed by atoms with van der Waals surface area (Å²) < 4.78 is 17.6. The maximum absolute atomic E-state index is 12.1. The summed E-state index contributed by atoms with van der Waals surface area (Å²) in [6, 6.07) is 3.28. The number of hydrogen-bond acceptors (Lipinski definition) is 6. The first kappa shape index (κ1) is 22.9. The largest absolute Gasteiger partial charge is 0.490 e. The lowest BCUT2D eigenvalue weighted by atomic mass is 10.1. The lowest BCUT2D eigenvalue weighted by molar-refractivity contribution is 0.0522. The van der Waals surface area contributed by atoms with E-state index in [0.717, 1.165) is 17.7 Å². The van der Waals surface area contributed by atoms with E-state index in [1.807, 2.05) is 17.6 Å². The summed E-state index contributed by atoms with van der Waals surface area (Å²) in [6.07, 6.45) is 3.07. The van der Waals surface area contributed by atoms with Gasteiger partial charge >= 0.3 is 5.97 Å². The molecule has 2 heterocycles. The Balaban J connectivity index is 2.18. The van der Waals surface area contributed by atoms with Gasteiger partial charge in [-0.25, -0.2) is 9.78 Å². The zero-order chi connectivity index (χ0) is 21.4. The standard InChI is InChI=1S/C21H27ClN2O5/c1-5-28-21(26)19-15(3)24(10-8-17(19)25)9-7-16-13-18(20(22)23-14(16)2)29-12-6-11-27-4/h8,10,13H,5-7,9,11-12H2,1-4H3. The van der Waals surface area contributed by atoms with E-state index in [4.69, 9.17) is 25.8 Å². The second-order valence-corrected chi connectivity index (χ2v) is 6.88. The van der Waals surface area contributed by atoms with Gasteiger partial charge in [0.05, 0.1) is 13.2 Å². The molecule has 0 fully saturated rings. The molecule has 0 aliphatic heterocycles. The Morgan fingerprint density at radius 1 is 1.28 bits per heavy atom. The lowest BCUT2D eigenvalue weighted by Crippen LogP contribution is -2.23. The fourth-order valence-electron chi connectivity index (χ4n) is 2.95. The molecule has 2 aromatic heterocycles. The summed E-state index contributed by atoms with van der Waals surface area (Å²) in [5.41, 5.74) is 2.10. The van der Waals surface area contributed by atoms with Crippen molar-refractivity contribution in [3.63, 3.8) is 0 Å². The number of nitrogens with zero attached hydrogens (tertiary/aromatic N) is 2. The van der Waals surface area contributed by atoms with Gasteiger partial charge in [-0.05, 0) is 38.8 Å². The Bertz CT molecular complexity index is 911. The molecule has 0 aromatic carbocycles. The van der Waals surface area contributed by atoms with Gasteiger partial charge in [-0.1, -0.05) is 11.6 Å². The predicted molar refractivity (Wildman–Crippen MR) is 111 cm³/mol. The number of pyridine rings is 2. The maximum atomic E-state index is 12.1. The minimum Gasteiger partial charge on any atom is -0.490 e. The van der Waals surface area contributed by atoms with E-state index >= 15 is 0 Å². The van der Waals surface area contributed by atoms with Crippen LogP contribution in [0.2, 0.25) is 5.15 Å². The van der Waals surface area contributed by atoms with Gasteiger partial charge in [-0.2, -0.15) is 0 Å². The van der Waals surface area contributed by atoms with Gasteiger partial charge in [-0.15, -0.1) is 0 Å². The summed E-state index contributed by atoms with van der Waals surface area (Å²) >= 11 is 6.20. The molecule has 0 radical (unpaired) electrons. The van der Waals surface area contributed by atoms with Crippen LogP contribution in [0, 0.1) is 13.8 Å². The SMILES string of the molecule is CCOC(=O)c1c(C)n(CCc2cc(OCCCOC)c(Cl)nc2C)ccc1=O. The molecule has 7 nitrogen and oxygen atoms in total. The van der Waals surface area contributed by atoms with Crippen molar-refractivity contribution in [1.82, 2.24) is 9.55 Å². The number of rotatable bonds is 10. The van der Waals surface area contributed by atoms with Gasteiger partial charge in [-0.3, -0.25) is 4.79 Å². The van der Waals surface area contributed by atoms with Crippen LogP contribution in [0.25, 0.3) is 0 Å². The minimum absolute atomic E-state index is 0.0717. The highest BCUT2D eigenvalue weighted by molar-refractivity contribution is 6.30. The Morgan fingerprint density at radius 3 is 2.72 bits per heavy atom. The van der Waals surface area contributed by atoms with E-state index < -0.39 is 5.97 Å². The zero-order valence-corrected chi connectivity index (χ0v) is 18.0. The van der Waals surface area contributed by atoms with Crippen LogP contribution in [0.4, 0.5) is 0 Å². The molecule has 0 saturated heterocycles. The van der Waals surface area contributed by atoms with Crippen molar-refractivity contribution in [3.8, 4) is 5.75 Å². The van der Waals surface area contributed by atoms with E-state index in [-0.39, 0.29) is 17.6 Å². The Kier molecular flexibility index (Phi) is 8.67. The summed E-state index contributed by atoms with van der Waals surface area (Å²) in [7, 11) is 1.64. The van der Waals surface area contributed by atoms with Crippen LogP contribution < -0.4 is 10.2 Å². The smallest absolute Gasteiger partial charge is 0.343 e. The van der Waals surface area contributed by atoms with E-state index in [2.05, 4.69) is 4.98 Å². The average Bonchev–Trinajstić information content (AvgIpc) is 2.67. The molecule has 0 amide bonds. The number of aromatic nitrogens is 2. The van der Waals surface area contributed by atoms with Crippen LogP contribution in [0.5, 0.6) is 5.75 Å². The molecule has 0 aliphatic rings. The number of ether oxygens (including phenoxy) is 3. The molecule has 0 unspecified atom stereocenters.